The van der Waals surface area contributed by atoms with Crippen molar-refractivity contribution in [1.82, 2.24) is 78.1 Å². The molecule has 11 amide bonds. The van der Waals surface area contributed by atoms with Crippen molar-refractivity contribution in [2.24, 2.45) is 11.7 Å². The molecule has 3 aliphatic heterocycles. The monoisotopic (exact) mass is 1180 g/mol. The van der Waals surface area contributed by atoms with E-state index in [0.29, 0.717) is 36.8 Å². The molecule has 2 aromatic heterocycles. The number of nitrogens with zero attached hydrogens (tertiary/aromatic N) is 4. The number of rotatable bonds is 23. The summed E-state index contributed by atoms with van der Waals surface area (Å²) in [5.74, 6) is -7.01. The number of aromatic amines is 1. The quantitative estimate of drug-likeness (QED) is 0.0365. The van der Waals surface area contributed by atoms with Crippen LogP contribution in [0.25, 0.3) is 0 Å². The van der Waals surface area contributed by atoms with Gasteiger partial charge in [-0.25, -0.2) is 9.78 Å². The predicted molar refractivity (Wildman–Crippen MR) is 291 cm³/mol. The lowest BCUT2D eigenvalue weighted by Gasteiger charge is -2.30. The SMILES string of the molecule is CC(C)[C@H]1NC(=O)[C@@H](C(C)O)NC(=O)[C@@H](C(C)O)NC(=O)[C@@H](NC(=O)COCCOCCOCCNC(=O)CCCC[C@H]2SC[C@H]3NC(=O)N[C@H]32)Cc2cn(nn2)CCCC[C@@H](C(N)=O)NC(=O)CNC(=O)[C@@H](Cc2c[nH]cn2)NC1=O. The normalized spacial score (nSPS) is 25.4. The Kier molecular flexibility index (Phi) is 27.1. The maximum atomic E-state index is 14.1. The summed E-state index contributed by atoms with van der Waals surface area (Å²) in [7, 11) is 0. The number of aliphatic hydroxyl groups is 2. The van der Waals surface area contributed by atoms with Crippen LogP contribution < -0.4 is 58.9 Å². The largest absolute Gasteiger partial charge is 0.391 e. The number of hydrogen-bond acceptors (Lipinski definition) is 19. The van der Waals surface area contributed by atoms with Crippen LogP contribution in [0, 0.1) is 5.92 Å². The van der Waals surface area contributed by atoms with E-state index in [-0.39, 0.29) is 88.6 Å². The van der Waals surface area contributed by atoms with Crippen LogP contribution in [-0.4, -0.2) is 219 Å². The average molecular weight is 1180 g/mol. The number of carbonyl (C=O) groups excluding carboxylic acids is 10. The van der Waals surface area contributed by atoms with Gasteiger partial charge in [-0.3, -0.25) is 47.8 Å². The Balaban J connectivity index is 1.15. The molecule has 5 rings (SSSR count). The van der Waals surface area contributed by atoms with E-state index in [1.54, 1.807) is 13.8 Å². The Morgan fingerprint density at radius 2 is 1.46 bits per heavy atom. The summed E-state index contributed by atoms with van der Waals surface area (Å²) in [6.07, 6.45) is 4.46. The van der Waals surface area contributed by atoms with E-state index in [1.807, 2.05) is 11.8 Å². The Bertz CT molecular complexity index is 2450. The first kappa shape index (κ1) is 65.8. The van der Waals surface area contributed by atoms with Crippen LogP contribution in [0.15, 0.2) is 18.7 Å². The molecule has 5 heterocycles. The minimum absolute atomic E-state index is 0.0262. The molecule has 0 spiro atoms. The molecule has 0 saturated carbocycles. The molecule has 0 radical (unpaired) electrons. The number of aromatic nitrogens is 5. The zero-order chi connectivity index (χ0) is 59.7. The van der Waals surface area contributed by atoms with Gasteiger partial charge in [-0.15, -0.1) is 5.10 Å². The molecule has 31 nitrogen and oxygen atoms in total. The molecule has 2 aromatic rings. The van der Waals surface area contributed by atoms with Gasteiger partial charge in [0.15, 0.2) is 0 Å². The molecule has 0 aliphatic carbocycles. The number of amides is 11. The lowest BCUT2D eigenvalue weighted by Crippen LogP contribution is -2.63. The van der Waals surface area contributed by atoms with Crippen LogP contribution in [0.2, 0.25) is 0 Å². The van der Waals surface area contributed by atoms with Gasteiger partial charge in [0.05, 0.1) is 81.6 Å². The van der Waals surface area contributed by atoms with E-state index in [9.17, 15) is 58.2 Å². The van der Waals surface area contributed by atoms with Gasteiger partial charge in [-0.1, -0.05) is 25.5 Å². The fourth-order valence-electron chi connectivity index (χ4n) is 9.04. The minimum Gasteiger partial charge on any atom is -0.391 e. The third-order valence-corrected chi connectivity index (χ3v) is 15.0. The number of unbranched alkanes of at least 4 members (excludes halogenated alkanes) is 1. The van der Waals surface area contributed by atoms with Gasteiger partial charge in [0.1, 0.15) is 42.9 Å². The van der Waals surface area contributed by atoms with E-state index in [4.69, 9.17) is 19.9 Å². The first-order valence-corrected chi connectivity index (χ1v) is 28.5. The van der Waals surface area contributed by atoms with Gasteiger partial charge in [0, 0.05) is 55.7 Å². The van der Waals surface area contributed by atoms with Crippen molar-refractivity contribution in [1.29, 1.82) is 0 Å². The van der Waals surface area contributed by atoms with Crippen LogP contribution in [0.1, 0.15) is 84.0 Å². The average Bonchev–Trinajstić information content (AvgIpc) is 4.32. The number of hydrogen-bond donors (Lipinski definition) is 14. The smallest absolute Gasteiger partial charge is 0.315 e. The van der Waals surface area contributed by atoms with Crippen molar-refractivity contribution in [2.45, 2.75) is 158 Å². The number of H-pyrrole nitrogens is 1. The molecule has 2 fully saturated rings. The number of nitrogens with one attached hydrogen (secondary N) is 11. The lowest BCUT2D eigenvalue weighted by molar-refractivity contribution is -0.138. The number of primary amides is 1. The van der Waals surface area contributed by atoms with Crippen molar-refractivity contribution in [3.63, 3.8) is 0 Å². The van der Waals surface area contributed by atoms with E-state index in [2.05, 4.69) is 73.4 Å². The molecule has 11 atom stereocenters. The van der Waals surface area contributed by atoms with Crippen LogP contribution in [0.4, 0.5) is 4.79 Å². The van der Waals surface area contributed by atoms with Crippen molar-refractivity contribution in [2.75, 3.05) is 58.5 Å². The zero-order valence-electron chi connectivity index (χ0n) is 46.6. The summed E-state index contributed by atoms with van der Waals surface area (Å²) in [6, 6.07) is -8.67. The van der Waals surface area contributed by atoms with Crippen molar-refractivity contribution >= 4 is 71.0 Å². The fourth-order valence-corrected chi connectivity index (χ4v) is 10.6. The van der Waals surface area contributed by atoms with E-state index < -0.39 is 115 Å². The highest BCUT2D eigenvalue weighted by atomic mass is 32.2. The molecule has 0 aromatic carbocycles. The number of urea groups is 1. The Morgan fingerprint density at radius 3 is 2.13 bits per heavy atom. The van der Waals surface area contributed by atoms with Crippen LogP contribution in [0.5, 0.6) is 0 Å². The Morgan fingerprint density at radius 1 is 0.793 bits per heavy atom. The molecular weight excluding hydrogens is 1100 g/mol. The second kappa shape index (κ2) is 33.8. The zero-order valence-corrected chi connectivity index (χ0v) is 47.4. The maximum Gasteiger partial charge on any atom is 0.315 e. The molecule has 15 N–H and O–H groups in total. The summed E-state index contributed by atoms with van der Waals surface area (Å²) in [6.45, 7) is 5.71. The number of imidazole rings is 1. The number of aryl methyl sites for hydroxylation is 1. The van der Waals surface area contributed by atoms with Gasteiger partial charge >= 0.3 is 6.03 Å². The summed E-state index contributed by atoms with van der Waals surface area (Å²) < 4.78 is 18.0. The number of ether oxygens (including phenoxy) is 3. The van der Waals surface area contributed by atoms with Crippen molar-refractivity contribution in [3.8, 4) is 0 Å². The van der Waals surface area contributed by atoms with E-state index in [0.717, 1.165) is 25.0 Å². The predicted octanol–water partition coefficient (Wildman–Crippen LogP) is -5.21. The summed E-state index contributed by atoms with van der Waals surface area (Å²) in [5.41, 5.74) is 6.17. The highest BCUT2D eigenvalue weighted by Crippen LogP contribution is 2.33. The number of nitrogens with two attached hydrogens (primary N) is 1. The number of aliphatic hydroxyl groups excluding tert-OH is 2. The Hall–Kier alpha value is -7.00. The first-order chi connectivity index (χ1) is 39.2. The van der Waals surface area contributed by atoms with Crippen molar-refractivity contribution in [3.05, 3.63) is 30.1 Å². The van der Waals surface area contributed by atoms with E-state index in [1.165, 1.54) is 37.3 Å². The van der Waals surface area contributed by atoms with Gasteiger partial charge in [0.2, 0.25) is 53.2 Å². The number of thioether (sulfide) groups is 1. The molecule has 2 bridgehead atoms. The molecule has 32 heteroatoms. The van der Waals surface area contributed by atoms with Crippen LogP contribution >= 0.6 is 11.8 Å². The van der Waals surface area contributed by atoms with Gasteiger partial charge in [-0.05, 0) is 51.9 Å². The number of fused-ring (bicyclic) bond motifs is 3. The molecule has 82 heavy (non-hydrogen) atoms. The standard InChI is InChI=1S/C50H80N16O15S/c1-27(2)40-47(75)58-33(19-30-21-52-26-55-30)45(73)54-22-38(70)56-32(44(51)72)9-7-8-13-66-23-31(64-65-66)20-34(46(74)61-41(28(3)67)49(77)62-42(29(4)68)48(76)60-40)57-39(71)24-81-18-17-80-16-15-79-14-12-53-37(69)11-6-5-10-36-43-35(25-82-36)59-50(78)63-43/h21,23,26-29,32-36,40-43,67-68H,5-20,22,24-25H2,1-4H3,(H2,51,72)(H,52,55)(H,53,69)(H,54,73)(H,56,70)(H,57,71)(H,58,75)(H,60,76)(H,61,74)(H,62,77)(H2,59,63,78)/t28?,29?,32-,33+,34-,35+,36+,40+,41+,42+,43+/m0/s1. The third kappa shape index (κ3) is 22.1. The molecule has 2 unspecified atom stereocenters. The molecule has 2 saturated heterocycles. The second-order valence-electron chi connectivity index (χ2n) is 20.5. The highest BCUT2D eigenvalue weighted by Gasteiger charge is 2.43. The molecule has 3 aliphatic rings. The molecular formula is C50H80N16O15S. The summed E-state index contributed by atoms with van der Waals surface area (Å²) in [5, 5.41) is 56.2. The topological polar surface area (TPSA) is 445 Å². The Labute approximate surface area is 478 Å². The number of carbonyl (C=O) groups is 10. The maximum absolute atomic E-state index is 14.1. The second-order valence-corrected chi connectivity index (χ2v) is 21.8. The van der Waals surface area contributed by atoms with E-state index >= 15 is 0 Å². The highest BCUT2D eigenvalue weighted by molar-refractivity contribution is 8.00. The van der Waals surface area contributed by atoms with Crippen molar-refractivity contribution < 1.29 is 72.4 Å². The lowest BCUT2D eigenvalue weighted by atomic mass is 10.0. The van der Waals surface area contributed by atoms with Gasteiger partial charge < -0.3 is 88.3 Å². The first-order valence-electron chi connectivity index (χ1n) is 27.5. The van der Waals surface area contributed by atoms with Gasteiger partial charge in [-0.2, -0.15) is 11.8 Å². The fraction of sp³-hybridized carbons (Fsp3) is 0.700. The minimum atomic E-state index is -1.78. The van der Waals surface area contributed by atoms with Crippen LogP contribution in [-0.2, 0) is 76.7 Å². The van der Waals surface area contributed by atoms with Crippen LogP contribution in [0.3, 0.4) is 0 Å². The van der Waals surface area contributed by atoms with Gasteiger partial charge in [0.25, 0.3) is 0 Å². The third-order valence-electron chi connectivity index (χ3n) is 13.5. The summed E-state index contributed by atoms with van der Waals surface area (Å²) in [4.78, 5) is 139. The molecule has 456 valence electrons. The summed E-state index contributed by atoms with van der Waals surface area (Å²) >= 11 is 1.84.